The molecule has 30 heavy (non-hydrogen) atoms. The Balaban J connectivity index is 1.50. The Labute approximate surface area is 178 Å². The van der Waals surface area contributed by atoms with E-state index < -0.39 is 6.04 Å². The van der Waals surface area contributed by atoms with Crippen molar-refractivity contribution in [2.75, 3.05) is 13.1 Å². The summed E-state index contributed by atoms with van der Waals surface area (Å²) in [6.45, 7) is 5.12. The van der Waals surface area contributed by atoms with Crippen molar-refractivity contribution in [3.8, 4) is 0 Å². The van der Waals surface area contributed by atoms with Crippen LogP contribution in [0.2, 0.25) is 0 Å². The first kappa shape index (κ1) is 22.3. The zero-order chi connectivity index (χ0) is 21.7. The van der Waals surface area contributed by atoms with Gasteiger partial charge in [0.1, 0.15) is 6.04 Å². The molecule has 1 saturated heterocycles. The summed E-state index contributed by atoms with van der Waals surface area (Å²) in [5.41, 5.74) is 0.543. The van der Waals surface area contributed by atoms with E-state index in [4.69, 9.17) is 0 Å². The van der Waals surface area contributed by atoms with Gasteiger partial charge in [-0.05, 0) is 31.6 Å². The van der Waals surface area contributed by atoms with Crippen LogP contribution in [-0.4, -0.2) is 57.6 Å². The van der Waals surface area contributed by atoms with Crippen molar-refractivity contribution in [3.05, 3.63) is 18.0 Å². The molecule has 2 heterocycles. The maximum atomic E-state index is 13.1. The summed E-state index contributed by atoms with van der Waals surface area (Å²) in [6.07, 6.45) is 9.89. The normalized spacial score (nSPS) is 19.5. The zero-order valence-electron chi connectivity index (χ0n) is 18.4. The van der Waals surface area contributed by atoms with Gasteiger partial charge in [0.05, 0.1) is 11.8 Å². The van der Waals surface area contributed by atoms with Crippen LogP contribution in [0.25, 0.3) is 0 Å². The fraction of sp³-hybridized carbons (Fsp3) is 0.727. The largest absolute Gasteiger partial charge is 0.349 e. The van der Waals surface area contributed by atoms with Crippen molar-refractivity contribution in [2.45, 2.75) is 70.9 Å². The number of nitrogens with one attached hydrogen (secondary N) is 2. The molecule has 3 rings (SSSR count). The van der Waals surface area contributed by atoms with Gasteiger partial charge >= 0.3 is 0 Å². The SMILES string of the molecule is CC(C)[C@H](NC(=O)C1CCCCC1)C(=O)N1CCC(NC(=O)c2cnn(C)c2)CC1. The van der Waals surface area contributed by atoms with Gasteiger partial charge in [-0.1, -0.05) is 33.1 Å². The number of aryl methyl sites for hydroxylation is 1. The van der Waals surface area contributed by atoms with E-state index in [1.165, 1.54) is 6.42 Å². The number of amides is 3. The van der Waals surface area contributed by atoms with Crippen molar-refractivity contribution in [1.82, 2.24) is 25.3 Å². The molecule has 2 N–H and O–H groups in total. The highest BCUT2D eigenvalue weighted by atomic mass is 16.2. The molecule has 3 amide bonds. The van der Waals surface area contributed by atoms with Crippen LogP contribution < -0.4 is 10.6 Å². The first-order valence-electron chi connectivity index (χ1n) is 11.2. The highest BCUT2D eigenvalue weighted by molar-refractivity contribution is 5.94. The van der Waals surface area contributed by atoms with Crippen molar-refractivity contribution in [3.63, 3.8) is 0 Å². The lowest BCUT2D eigenvalue weighted by Crippen LogP contribution is -2.55. The van der Waals surface area contributed by atoms with Crippen LogP contribution in [0, 0.1) is 11.8 Å². The third kappa shape index (κ3) is 5.61. The lowest BCUT2D eigenvalue weighted by Gasteiger charge is -2.36. The highest BCUT2D eigenvalue weighted by Crippen LogP contribution is 2.24. The van der Waals surface area contributed by atoms with Gasteiger partial charge < -0.3 is 15.5 Å². The fourth-order valence-corrected chi connectivity index (χ4v) is 4.40. The highest BCUT2D eigenvalue weighted by Gasteiger charge is 2.33. The first-order chi connectivity index (χ1) is 14.3. The van der Waals surface area contributed by atoms with E-state index in [0.29, 0.717) is 31.5 Å². The molecule has 1 atom stereocenters. The molecule has 0 radical (unpaired) electrons. The van der Waals surface area contributed by atoms with Gasteiger partial charge in [0, 0.05) is 38.3 Å². The number of carbonyl (C=O) groups excluding carboxylic acids is 3. The van der Waals surface area contributed by atoms with E-state index in [-0.39, 0.29) is 35.6 Å². The van der Waals surface area contributed by atoms with Crippen LogP contribution in [0.4, 0.5) is 0 Å². The number of hydrogen-bond acceptors (Lipinski definition) is 4. The van der Waals surface area contributed by atoms with E-state index in [9.17, 15) is 14.4 Å². The molecular weight excluding hydrogens is 382 g/mol. The van der Waals surface area contributed by atoms with Crippen LogP contribution in [0.5, 0.6) is 0 Å². The molecule has 0 spiro atoms. The predicted octanol–water partition coefficient (Wildman–Crippen LogP) is 1.86. The Morgan fingerprint density at radius 2 is 1.73 bits per heavy atom. The number of hydrogen-bond donors (Lipinski definition) is 2. The molecule has 0 unspecified atom stereocenters. The van der Waals surface area contributed by atoms with Gasteiger partial charge in [-0.25, -0.2) is 0 Å². The van der Waals surface area contributed by atoms with Gasteiger partial charge in [0.25, 0.3) is 5.91 Å². The fourth-order valence-electron chi connectivity index (χ4n) is 4.40. The van der Waals surface area contributed by atoms with Gasteiger partial charge in [0.15, 0.2) is 0 Å². The second-order valence-corrected chi connectivity index (χ2v) is 9.04. The zero-order valence-corrected chi connectivity index (χ0v) is 18.4. The third-order valence-electron chi connectivity index (χ3n) is 6.32. The molecule has 1 aliphatic heterocycles. The molecule has 8 heteroatoms. The van der Waals surface area contributed by atoms with Gasteiger partial charge in [-0.15, -0.1) is 0 Å². The van der Waals surface area contributed by atoms with Crippen LogP contribution in [0.3, 0.4) is 0 Å². The van der Waals surface area contributed by atoms with Crippen LogP contribution in [0.15, 0.2) is 12.4 Å². The summed E-state index contributed by atoms with van der Waals surface area (Å²) in [7, 11) is 1.78. The summed E-state index contributed by atoms with van der Waals surface area (Å²) in [4.78, 5) is 39.9. The van der Waals surface area contributed by atoms with Crippen molar-refractivity contribution < 1.29 is 14.4 Å². The maximum Gasteiger partial charge on any atom is 0.254 e. The second-order valence-electron chi connectivity index (χ2n) is 9.04. The Hall–Kier alpha value is -2.38. The number of likely N-dealkylation sites (tertiary alicyclic amines) is 1. The molecule has 1 aromatic rings. The van der Waals surface area contributed by atoms with Crippen molar-refractivity contribution in [1.29, 1.82) is 0 Å². The molecule has 1 saturated carbocycles. The molecule has 166 valence electrons. The second kappa shape index (κ2) is 10.1. The lowest BCUT2D eigenvalue weighted by molar-refractivity contribution is -0.139. The Bertz CT molecular complexity index is 746. The van der Waals surface area contributed by atoms with E-state index in [2.05, 4.69) is 15.7 Å². The quantitative estimate of drug-likeness (QED) is 0.738. The number of aromatic nitrogens is 2. The minimum absolute atomic E-state index is 0.00815. The molecule has 2 aliphatic rings. The number of nitrogens with zero attached hydrogens (tertiary/aromatic N) is 3. The van der Waals surface area contributed by atoms with E-state index >= 15 is 0 Å². The number of piperidine rings is 1. The average molecular weight is 418 g/mol. The van der Waals surface area contributed by atoms with Crippen LogP contribution in [0.1, 0.15) is 69.2 Å². The van der Waals surface area contributed by atoms with Gasteiger partial charge in [-0.2, -0.15) is 5.10 Å². The molecular formula is C22H35N5O3. The summed E-state index contributed by atoms with van der Waals surface area (Å²) >= 11 is 0. The smallest absolute Gasteiger partial charge is 0.254 e. The molecule has 1 aromatic heterocycles. The van der Waals surface area contributed by atoms with Crippen molar-refractivity contribution in [2.24, 2.45) is 18.9 Å². The first-order valence-corrected chi connectivity index (χ1v) is 11.2. The third-order valence-corrected chi connectivity index (χ3v) is 6.32. The van der Waals surface area contributed by atoms with Crippen LogP contribution in [-0.2, 0) is 16.6 Å². The van der Waals surface area contributed by atoms with E-state index in [0.717, 1.165) is 25.7 Å². The molecule has 8 nitrogen and oxygen atoms in total. The van der Waals surface area contributed by atoms with Gasteiger partial charge in [-0.3, -0.25) is 19.1 Å². The van der Waals surface area contributed by atoms with E-state index in [1.54, 1.807) is 24.1 Å². The number of rotatable bonds is 6. The monoisotopic (exact) mass is 417 g/mol. The maximum absolute atomic E-state index is 13.1. The predicted molar refractivity (Wildman–Crippen MR) is 114 cm³/mol. The summed E-state index contributed by atoms with van der Waals surface area (Å²) in [6, 6.07) is -0.447. The molecule has 0 aromatic carbocycles. The Morgan fingerprint density at radius 1 is 1.07 bits per heavy atom. The number of carbonyl (C=O) groups is 3. The van der Waals surface area contributed by atoms with E-state index in [1.807, 2.05) is 18.7 Å². The average Bonchev–Trinajstić information content (AvgIpc) is 3.19. The molecule has 0 bridgehead atoms. The van der Waals surface area contributed by atoms with Gasteiger partial charge in [0.2, 0.25) is 11.8 Å². The Kier molecular flexibility index (Phi) is 7.50. The minimum atomic E-state index is -0.485. The summed E-state index contributed by atoms with van der Waals surface area (Å²) < 4.78 is 1.60. The summed E-state index contributed by atoms with van der Waals surface area (Å²) in [5.74, 6) is -0.0338. The minimum Gasteiger partial charge on any atom is -0.349 e. The molecule has 1 aliphatic carbocycles. The standard InChI is InChI=1S/C22H35N5O3/c1-15(2)19(25-20(28)16-7-5-4-6-8-16)22(30)27-11-9-18(10-12-27)24-21(29)17-13-23-26(3)14-17/h13-16,18-19H,4-12H2,1-3H3,(H,24,29)(H,25,28)/t19-/m0/s1. The Morgan fingerprint density at radius 3 is 2.30 bits per heavy atom. The summed E-state index contributed by atoms with van der Waals surface area (Å²) in [5, 5.41) is 10.1. The lowest BCUT2D eigenvalue weighted by atomic mass is 9.88. The topological polar surface area (TPSA) is 96.3 Å². The van der Waals surface area contributed by atoms with Crippen LogP contribution >= 0.6 is 0 Å². The van der Waals surface area contributed by atoms with Crippen molar-refractivity contribution >= 4 is 17.7 Å². The molecule has 2 fully saturated rings.